The minimum atomic E-state index is -0.342. The van der Waals surface area contributed by atoms with Gasteiger partial charge in [-0.3, -0.25) is 0 Å². The van der Waals surface area contributed by atoms with Gasteiger partial charge in [0.15, 0.2) is 0 Å². The van der Waals surface area contributed by atoms with Gasteiger partial charge in [0.25, 0.3) is 0 Å². The molecular weight excluding hydrogens is 224 g/mol. The molecule has 3 rings (SSSR count). The number of fused-ring (bicyclic) bond motifs is 1. The summed E-state index contributed by atoms with van der Waals surface area (Å²) in [5, 5.41) is 10.7. The molecule has 0 aliphatic heterocycles. The van der Waals surface area contributed by atoms with E-state index in [1.54, 1.807) is 6.33 Å². The maximum atomic E-state index is 10.7. The van der Waals surface area contributed by atoms with Crippen LogP contribution in [0.4, 0.5) is 0 Å². The Labute approximate surface area is 107 Å². The molecule has 0 bridgehead atoms. The van der Waals surface area contributed by atoms with E-state index in [2.05, 4.69) is 18.0 Å². The number of pyridine rings is 1. The van der Waals surface area contributed by atoms with Gasteiger partial charge in [0, 0.05) is 11.8 Å². The number of aryl methyl sites for hydroxylation is 1. The highest BCUT2D eigenvalue weighted by Crippen LogP contribution is 2.37. The van der Waals surface area contributed by atoms with Gasteiger partial charge in [0.05, 0.1) is 24.1 Å². The lowest BCUT2D eigenvalue weighted by molar-refractivity contribution is 0.0852. The van der Waals surface area contributed by atoms with E-state index >= 15 is 0 Å². The Balaban J connectivity index is 2.01. The van der Waals surface area contributed by atoms with E-state index in [1.807, 2.05) is 16.8 Å². The third-order valence-electron chi connectivity index (χ3n) is 4.24. The van der Waals surface area contributed by atoms with Gasteiger partial charge in [-0.15, -0.1) is 0 Å². The number of hydrogen-bond acceptors (Lipinski definition) is 2. The summed E-state index contributed by atoms with van der Waals surface area (Å²) in [5.74, 6) is 0.415. The van der Waals surface area contributed by atoms with Crippen molar-refractivity contribution in [3.63, 3.8) is 0 Å². The number of aromatic nitrogens is 2. The average Bonchev–Trinajstić information content (AvgIpc) is 2.87. The summed E-state index contributed by atoms with van der Waals surface area (Å²) in [6.45, 7) is 2.08. The van der Waals surface area contributed by atoms with Gasteiger partial charge < -0.3 is 9.51 Å². The molecule has 1 aliphatic carbocycles. The van der Waals surface area contributed by atoms with Gasteiger partial charge >= 0.3 is 0 Å². The van der Waals surface area contributed by atoms with Crippen molar-refractivity contribution >= 4 is 5.52 Å². The van der Waals surface area contributed by atoms with Gasteiger partial charge in [0.2, 0.25) is 0 Å². The molecule has 1 N–H and O–H groups in total. The molecule has 3 heteroatoms. The predicted octanol–water partition coefficient (Wildman–Crippen LogP) is 3.26. The van der Waals surface area contributed by atoms with Crippen molar-refractivity contribution in [2.75, 3.05) is 0 Å². The fourth-order valence-corrected chi connectivity index (χ4v) is 3.19. The summed E-state index contributed by atoms with van der Waals surface area (Å²) in [5.41, 5.74) is 3.29. The molecule has 0 radical (unpaired) electrons. The van der Waals surface area contributed by atoms with Gasteiger partial charge in [0.1, 0.15) is 0 Å². The summed E-state index contributed by atoms with van der Waals surface area (Å²) < 4.78 is 1.99. The molecule has 0 aromatic carbocycles. The van der Waals surface area contributed by atoms with Crippen LogP contribution < -0.4 is 0 Å². The van der Waals surface area contributed by atoms with E-state index in [0.717, 1.165) is 23.9 Å². The minimum absolute atomic E-state index is 0.342. The zero-order chi connectivity index (χ0) is 12.5. The molecule has 1 fully saturated rings. The van der Waals surface area contributed by atoms with Crippen molar-refractivity contribution in [1.29, 1.82) is 0 Å². The fraction of sp³-hybridized carbons (Fsp3) is 0.533. The fourth-order valence-electron chi connectivity index (χ4n) is 3.19. The Hall–Kier alpha value is -1.35. The molecule has 2 aromatic heterocycles. The molecule has 1 saturated carbocycles. The molecule has 1 unspecified atom stereocenters. The van der Waals surface area contributed by atoms with Crippen LogP contribution in [0.2, 0.25) is 0 Å². The van der Waals surface area contributed by atoms with Crippen LogP contribution in [0.15, 0.2) is 24.8 Å². The first kappa shape index (κ1) is 11.7. The summed E-state index contributed by atoms with van der Waals surface area (Å²) in [6, 6.07) is 2.07. The molecule has 3 nitrogen and oxygen atoms in total. The molecule has 96 valence electrons. The second-order valence-electron chi connectivity index (χ2n) is 5.44. The van der Waals surface area contributed by atoms with Crippen LogP contribution in [0.3, 0.4) is 0 Å². The summed E-state index contributed by atoms with van der Waals surface area (Å²) in [6.07, 6.45) is 11.4. The Morgan fingerprint density at radius 2 is 2.11 bits per heavy atom. The molecular formula is C15H20N2O. The topological polar surface area (TPSA) is 37.5 Å². The number of hydrogen-bond donors (Lipinski definition) is 1. The highest BCUT2D eigenvalue weighted by atomic mass is 16.3. The molecule has 1 aliphatic rings. The van der Waals surface area contributed by atoms with Crippen molar-refractivity contribution in [1.82, 2.24) is 9.38 Å². The molecule has 0 saturated heterocycles. The van der Waals surface area contributed by atoms with Crippen LogP contribution in [-0.4, -0.2) is 14.5 Å². The van der Waals surface area contributed by atoms with Crippen LogP contribution in [0, 0.1) is 12.8 Å². The second kappa shape index (κ2) is 4.73. The molecule has 2 aromatic rings. The number of nitrogens with zero attached hydrogens (tertiary/aromatic N) is 2. The maximum Gasteiger partial charge on any atom is 0.0992 e. The Kier molecular flexibility index (Phi) is 3.08. The number of aliphatic hydroxyl groups excluding tert-OH is 1. The largest absolute Gasteiger partial charge is 0.388 e. The molecule has 0 amide bonds. The molecule has 0 spiro atoms. The van der Waals surface area contributed by atoms with E-state index in [-0.39, 0.29) is 6.10 Å². The van der Waals surface area contributed by atoms with Crippen LogP contribution in [-0.2, 0) is 0 Å². The standard InChI is InChI=1S/C15H20N2O/c1-11-7-8-17-10-16-9-13(17)14(11)15(18)12-5-3-2-4-6-12/h7-10,12,15,18H,2-6H2,1H3. The van der Waals surface area contributed by atoms with Gasteiger partial charge in [-0.05, 0) is 37.3 Å². The highest BCUT2D eigenvalue weighted by Gasteiger charge is 2.25. The number of rotatable bonds is 2. The first-order valence-corrected chi connectivity index (χ1v) is 6.86. The average molecular weight is 244 g/mol. The lowest BCUT2D eigenvalue weighted by atomic mass is 9.82. The van der Waals surface area contributed by atoms with Crippen molar-refractivity contribution in [3.8, 4) is 0 Å². The van der Waals surface area contributed by atoms with Crippen molar-refractivity contribution in [3.05, 3.63) is 35.9 Å². The van der Waals surface area contributed by atoms with Crippen LogP contribution in [0.1, 0.15) is 49.3 Å². The van der Waals surface area contributed by atoms with E-state index in [0.29, 0.717) is 5.92 Å². The quantitative estimate of drug-likeness (QED) is 0.880. The minimum Gasteiger partial charge on any atom is -0.388 e. The molecule has 1 atom stereocenters. The Morgan fingerprint density at radius 3 is 2.89 bits per heavy atom. The normalized spacial score (nSPS) is 19.2. The monoisotopic (exact) mass is 244 g/mol. The predicted molar refractivity (Wildman–Crippen MR) is 71.5 cm³/mol. The van der Waals surface area contributed by atoms with E-state index < -0.39 is 0 Å². The SMILES string of the molecule is Cc1ccn2cncc2c1C(O)C1CCCCC1. The molecule has 18 heavy (non-hydrogen) atoms. The molecule has 2 heterocycles. The summed E-state index contributed by atoms with van der Waals surface area (Å²) in [4.78, 5) is 4.18. The van der Waals surface area contributed by atoms with Crippen LogP contribution in [0.25, 0.3) is 5.52 Å². The lowest BCUT2D eigenvalue weighted by Gasteiger charge is -2.28. The third-order valence-corrected chi connectivity index (χ3v) is 4.24. The summed E-state index contributed by atoms with van der Waals surface area (Å²) >= 11 is 0. The number of imidazole rings is 1. The third kappa shape index (κ3) is 1.93. The second-order valence-corrected chi connectivity index (χ2v) is 5.44. The van der Waals surface area contributed by atoms with Gasteiger partial charge in [-0.1, -0.05) is 19.3 Å². The maximum absolute atomic E-state index is 10.7. The zero-order valence-corrected chi connectivity index (χ0v) is 10.8. The van der Waals surface area contributed by atoms with Crippen LogP contribution >= 0.6 is 0 Å². The lowest BCUT2D eigenvalue weighted by Crippen LogP contribution is -2.17. The summed E-state index contributed by atoms with van der Waals surface area (Å²) in [7, 11) is 0. The van der Waals surface area contributed by atoms with E-state index in [1.165, 1.54) is 24.8 Å². The highest BCUT2D eigenvalue weighted by molar-refractivity contribution is 5.57. The zero-order valence-electron chi connectivity index (χ0n) is 10.8. The smallest absolute Gasteiger partial charge is 0.0992 e. The van der Waals surface area contributed by atoms with Crippen molar-refractivity contribution in [2.45, 2.75) is 45.1 Å². The first-order valence-electron chi connectivity index (χ1n) is 6.86. The van der Waals surface area contributed by atoms with Crippen LogP contribution in [0.5, 0.6) is 0 Å². The Bertz CT molecular complexity index is 540. The Morgan fingerprint density at radius 1 is 1.33 bits per heavy atom. The van der Waals surface area contributed by atoms with Gasteiger partial charge in [-0.2, -0.15) is 0 Å². The van der Waals surface area contributed by atoms with E-state index in [4.69, 9.17) is 0 Å². The van der Waals surface area contributed by atoms with Crippen molar-refractivity contribution in [2.24, 2.45) is 5.92 Å². The van der Waals surface area contributed by atoms with Crippen molar-refractivity contribution < 1.29 is 5.11 Å². The van der Waals surface area contributed by atoms with E-state index in [9.17, 15) is 5.11 Å². The number of aliphatic hydroxyl groups is 1. The van der Waals surface area contributed by atoms with Gasteiger partial charge in [-0.25, -0.2) is 4.98 Å². The first-order chi connectivity index (χ1) is 8.77.